The first-order chi connectivity index (χ1) is 14.8. The third-order valence-electron chi connectivity index (χ3n) is 4.31. The molecule has 0 spiro atoms. The van der Waals surface area contributed by atoms with E-state index >= 15 is 0 Å². The molecule has 3 aromatic rings. The predicted molar refractivity (Wildman–Crippen MR) is 110 cm³/mol. The van der Waals surface area contributed by atoms with E-state index in [0.717, 1.165) is 12.1 Å². The van der Waals surface area contributed by atoms with Gasteiger partial charge in [-0.15, -0.1) is 0 Å². The smallest absolute Gasteiger partial charge is 0.416 e. The number of benzene rings is 2. The highest BCUT2D eigenvalue weighted by atomic mass is 19.4. The Kier molecular flexibility index (Phi) is 6.49. The highest BCUT2D eigenvalue weighted by Crippen LogP contribution is 2.31. The molecule has 0 saturated carbocycles. The molecule has 0 radical (unpaired) electrons. The maximum atomic E-state index is 13.0. The van der Waals surface area contributed by atoms with E-state index in [9.17, 15) is 22.8 Å². The first kappa shape index (κ1) is 21.8. The molecular formula is C23H17F3N2O3. The highest BCUT2D eigenvalue weighted by Gasteiger charge is 2.30. The molecule has 0 bridgehead atoms. The van der Waals surface area contributed by atoms with Crippen molar-refractivity contribution in [3.8, 4) is 0 Å². The van der Waals surface area contributed by atoms with E-state index in [0.29, 0.717) is 11.1 Å². The monoisotopic (exact) mass is 426 g/mol. The van der Waals surface area contributed by atoms with Crippen molar-refractivity contribution in [2.45, 2.75) is 6.18 Å². The fourth-order valence-corrected chi connectivity index (χ4v) is 2.81. The molecule has 0 saturated heterocycles. The Labute approximate surface area is 176 Å². The Morgan fingerprint density at radius 3 is 2.48 bits per heavy atom. The second-order valence-corrected chi connectivity index (χ2v) is 6.38. The van der Waals surface area contributed by atoms with Gasteiger partial charge in [-0.25, -0.2) is 9.78 Å². The van der Waals surface area contributed by atoms with Crippen molar-refractivity contribution < 1.29 is 27.5 Å². The average Bonchev–Trinajstić information content (AvgIpc) is 2.77. The summed E-state index contributed by atoms with van der Waals surface area (Å²) in [7, 11) is 1.26. The van der Waals surface area contributed by atoms with E-state index < -0.39 is 23.5 Å². The van der Waals surface area contributed by atoms with Crippen LogP contribution in [-0.4, -0.2) is 23.8 Å². The number of rotatable bonds is 6. The summed E-state index contributed by atoms with van der Waals surface area (Å²) in [5.41, 5.74) is 0.261. The first-order valence-corrected chi connectivity index (χ1v) is 9.08. The summed E-state index contributed by atoms with van der Waals surface area (Å²) >= 11 is 0. The number of alkyl halides is 3. The van der Waals surface area contributed by atoms with Crippen molar-refractivity contribution in [3.05, 3.63) is 95.2 Å². The number of pyridine rings is 1. The molecule has 0 aliphatic rings. The lowest BCUT2D eigenvalue weighted by atomic mass is 10.1. The average molecular weight is 426 g/mol. The molecule has 0 fully saturated rings. The number of aromatic nitrogens is 1. The van der Waals surface area contributed by atoms with Gasteiger partial charge in [-0.1, -0.05) is 30.3 Å². The summed E-state index contributed by atoms with van der Waals surface area (Å²) in [5, 5.41) is 2.76. The van der Waals surface area contributed by atoms with E-state index in [1.807, 2.05) is 0 Å². The van der Waals surface area contributed by atoms with E-state index in [4.69, 9.17) is 4.74 Å². The van der Waals surface area contributed by atoms with Gasteiger partial charge in [0.15, 0.2) is 5.78 Å². The Morgan fingerprint density at radius 2 is 1.74 bits per heavy atom. The molecule has 158 valence electrons. The number of ether oxygens (including phenoxy) is 1. The Morgan fingerprint density at radius 1 is 1.00 bits per heavy atom. The van der Waals surface area contributed by atoms with Crippen LogP contribution in [0.2, 0.25) is 0 Å². The zero-order chi connectivity index (χ0) is 22.4. The lowest BCUT2D eigenvalue weighted by Crippen LogP contribution is -2.07. The van der Waals surface area contributed by atoms with Gasteiger partial charge in [0.05, 0.1) is 23.8 Å². The van der Waals surface area contributed by atoms with Crippen LogP contribution in [0.3, 0.4) is 0 Å². The second-order valence-electron chi connectivity index (χ2n) is 6.38. The van der Waals surface area contributed by atoms with Crippen molar-refractivity contribution in [1.82, 2.24) is 4.98 Å². The normalized spacial score (nSPS) is 11.4. The number of carbonyl (C=O) groups excluding carboxylic acids is 2. The minimum absolute atomic E-state index is 0.109. The van der Waals surface area contributed by atoms with Crippen molar-refractivity contribution in [2.75, 3.05) is 12.4 Å². The van der Waals surface area contributed by atoms with Crippen LogP contribution in [0.1, 0.15) is 31.8 Å². The number of allylic oxidation sites excluding steroid dienone is 1. The summed E-state index contributed by atoms with van der Waals surface area (Å²) in [4.78, 5) is 28.7. The minimum Gasteiger partial charge on any atom is -0.465 e. The number of carbonyl (C=O) groups is 2. The number of hydrogen-bond acceptors (Lipinski definition) is 5. The van der Waals surface area contributed by atoms with E-state index in [-0.39, 0.29) is 17.1 Å². The molecule has 0 aliphatic heterocycles. The zero-order valence-corrected chi connectivity index (χ0v) is 16.3. The molecule has 8 heteroatoms. The molecule has 0 aliphatic carbocycles. The van der Waals surface area contributed by atoms with Gasteiger partial charge in [-0.2, -0.15) is 13.2 Å². The van der Waals surface area contributed by atoms with Crippen LogP contribution in [0, 0.1) is 0 Å². The van der Waals surface area contributed by atoms with Gasteiger partial charge in [0.25, 0.3) is 0 Å². The Bertz CT molecular complexity index is 1140. The van der Waals surface area contributed by atoms with Crippen LogP contribution in [0.4, 0.5) is 24.7 Å². The van der Waals surface area contributed by atoms with Crippen molar-refractivity contribution in [2.24, 2.45) is 0 Å². The van der Waals surface area contributed by atoms with Gasteiger partial charge < -0.3 is 10.1 Å². The lowest BCUT2D eigenvalue weighted by Gasteiger charge is -2.12. The molecule has 5 nitrogen and oxygen atoms in total. The molecule has 2 aromatic carbocycles. The number of nitrogens with one attached hydrogen (secondary N) is 1. The van der Waals surface area contributed by atoms with Crippen LogP contribution >= 0.6 is 0 Å². The molecule has 3 rings (SSSR count). The molecule has 1 heterocycles. The van der Waals surface area contributed by atoms with Crippen LogP contribution < -0.4 is 5.32 Å². The van der Waals surface area contributed by atoms with Gasteiger partial charge in [0.1, 0.15) is 5.82 Å². The third kappa shape index (κ3) is 5.36. The molecule has 0 unspecified atom stereocenters. The molecule has 0 amide bonds. The van der Waals surface area contributed by atoms with Gasteiger partial charge in [-0.3, -0.25) is 4.79 Å². The van der Waals surface area contributed by atoms with Gasteiger partial charge in [0.2, 0.25) is 0 Å². The van der Waals surface area contributed by atoms with E-state index in [2.05, 4.69) is 10.3 Å². The van der Waals surface area contributed by atoms with Gasteiger partial charge in [0, 0.05) is 11.9 Å². The van der Waals surface area contributed by atoms with Crippen molar-refractivity contribution >= 4 is 29.3 Å². The van der Waals surface area contributed by atoms with Crippen LogP contribution in [0.25, 0.3) is 6.08 Å². The van der Waals surface area contributed by atoms with Crippen molar-refractivity contribution in [1.29, 1.82) is 0 Å². The summed E-state index contributed by atoms with van der Waals surface area (Å²) in [6, 6.07) is 14.2. The molecule has 1 N–H and O–H groups in total. The summed E-state index contributed by atoms with van der Waals surface area (Å²) in [6.07, 6.45) is -0.342. The first-order valence-electron chi connectivity index (χ1n) is 9.08. The predicted octanol–water partition coefficient (Wildman–Crippen LogP) is 5.53. The Balaban J connectivity index is 1.87. The highest BCUT2D eigenvalue weighted by molar-refractivity contribution is 6.10. The quantitative estimate of drug-likeness (QED) is 0.319. The largest absolute Gasteiger partial charge is 0.465 e. The van der Waals surface area contributed by atoms with E-state index in [1.165, 1.54) is 43.7 Å². The molecule has 1 aromatic heterocycles. The number of hydrogen-bond donors (Lipinski definition) is 1. The third-order valence-corrected chi connectivity index (χ3v) is 4.31. The van der Waals surface area contributed by atoms with Crippen LogP contribution in [0.5, 0.6) is 0 Å². The summed E-state index contributed by atoms with van der Waals surface area (Å²) in [5.74, 6) is -0.874. The minimum atomic E-state index is -4.49. The van der Waals surface area contributed by atoms with Crippen molar-refractivity contribution in [3.63, 3.8) is 0 Å². The number of methoxy groups -OCH3 is 1. The maximum absolute atomic E-state index is 13.0. The number of ketones is 1. The van der Waals surface area contributed by atoms with Crippen LogP contribution in [-0.2, 0) is 10.9 Å². The number of nitrogens with zero attached hydrogens (tertiary/aromatic N) is 1. The van der Waals surface area contributed by atoms with E-state index in [1.54, 1.807) is 30.3 Å². The SMILES string of the molecule is COC(=O)c1ccccc1C=CC(=O)c1cccnc1Nc1cccc(C(F)(F)F)c1. The topological polar surface area (TPSA) is 68.3 Å². The second kappa shape index (κ2) is 9.25. The Hall–Kier alpha value is -3.94. The zero-order valence-electron chi connectivity index (χ0n) is 16.3. The fraction of sp³-hybridized carbons (Fsp3) is 0.0870. The molecule has 31 heavy (non-hydrogen) atoms. The number of anilines is 2. The molecular weight excluding hydrogens is 409 g/mol. The molecule has 0 atom stereocenters. The van der Waals surface area contributed by atoms with Gasteiger partial charge >= 0.3 is 12.1 Å². The fourth-order valence-electron chi connectivity index (χ4n) is 2.81. The van der Waals surface area contributed by atoms with Gasteiger partial charge in [-0.05, 0) is 48.0 Å². The maximum Gasteiger partial charge on any atom is 0.416 e. The summed E-state index contributed by atoms with van der Waals surface area (Å²) in [6.45, 7) is 0. The summed E-state index contributed by atoms with van der Waals surface area (Å²) < 4.78 is 43.6. The standard InChI is InChI=1S/C23H17F3N2O3/c1-31-22(30)18-9-3-2-6-15(18)11-12-20(29)19-10-5-13-27-21(19)28-17-8-4-7-16(14-17)23(24,25)26/h2-14H,1H3,(H,27,28). The number of halogens is 3. The number of esters is 1. The lowest BCUT2D eigenvalue weighted by molar-refractivity contribution is -0.137. The van der Waals surface area contributed by atoms with Crippen LogP contribution in [0.15, 0.2) is 72.9 Å².